The molecule has 0 saturated heterocycles. The van der Waals surface area contributed by atoms with Crippen molar-refractivity contribution in [3.63, 3.8) is 0 Å². The zero-order chi connectivity index (χ0) is 5.98. The van der Waals surface area contributed by atoms with Gasteiger partial charge in [0.25, 0.3) is 0 Å². The third-order valence-corrected chi connectivity index (χ3v) is 1.33. The third kappa shape index (κ3) is 2.19. The first-order chi connectivity index (χ1) is 3.84. The SMILES string of the molecule is CC1C=CNC1[C-]=O.[Y+3]. The average molecular weight is 199 g/mol. The fraction of sp³-hybridized carbons (Fsp3) is 0.500. The number of hydrogen-bond acceptors (Lipinski definition) is 2. The zero-order valence-electron chi connectivity index (χ0n) is 5.29. The Hall–Kier alpha value is 0.314. The first kappa shape index (κ1) is 9.31. The fourth-order valence-corrected chi connectivity index (χ4v) is 0.715. The van der Waals surface area contributed by atoms with Crippen molar-refractivity contribution in [1.29, 1.82) is 0 Å². The fourth-order valence-electron chi connectivity index (χ4n) is 0.715. The van der Waals surface area contributed by atoms with Crippen molar-refractivity contribution in [2.45, 2.75) is 13.0 Å². The summed E-state index contributed by atoms with van der Waals surface area (Å²) in [6.45, 7) is 1.98. The monoisotopic (exact) mass is 199 g/mol. The Kier molecular flexibility index (Phi) is 4.33. The van der Waals surface area contributed by atoms with Crippen LogP contribution in [-0.4, -0.2) is 12.3 Å². The van der Waals surface area contributed by atoms with Crippen LogP contribution in [0.2, 0.25) is 0 Å². The summed E-state index contributed by atoms with van der Waals surface area (Å²) < 4.78 is 0. The number of nitrogens with one attached hydrogen (secondary N) is 1. The minimum atomic E-state index is -0.102. The van der Waals surface area contributed by atoms with Crippen molar-refractivity contribution < 1.29 is 37.5 Å². The summed E-state index contributed by atoms with van der Waals surface area (Å²) in [5, 5.41) is 2.85. The molecule has 1 heterocycles. The zero-order valence-corrected chi connectivity index (χ0v) is 8.13. The maximum absolute atomic E-state index is 9.99. The summed E-state index contributed by atoms with van der Waals surface area (Å²) in [5.41, 5.74) is 0. The van der Waals surface area contributed by atoms with Crippen molar-refractivity contribution >= 4 is 6.29 Å². The molecule has 1 aliphatic heterocycles. The van der Waals surface area contributed by atoms with E-state index in [0.717, 1.165) is 0 Å². The van der Waals surface area contributed by atoms with E-state index in [2.05, 4.69) is 5.32 Å². The Morgan fingerprint density at radius 1 is 1.67 bits per heavy atom. The van der Waals surface area contributed by atoms with Crippen LogP contribution in [-0.2, 0) is 37.5 Å². The summed E-state index contributed by atoms with van der Waals surface area (Å²) in [6.07, 6.45) is 5.64. The molecular formula is C6H8NOY+2. The smallest absolute Gasteiger partial charge is 0.540 e. The second kappa shape index (κ2) is 4.18. The van der Waals surface area contributed by atoms with Gasteiger partial charge in [-0.25, -0.2) is 6.29 Å². The molecular weight excluding hydrogens is 191 g/mol. The van der Waals surface area contributed by atoms with Crippen molar-refractivity contribution in [3.05, 3.63) is 12.3 Å². The topological polar surface area (TPSA) is 29.1 Å². The summed E-state index contributed by atoms with van der Waals surface area (Å²) in [4.78, 5) is 9.99. The molecule has 0 fully saturated rings. The minimum absolute atomic E-state index is 0. The second-order valence-electron chi connectivity index (χ2n) is 1.98. The Bertz CT molecular complexity index is 124. The summed E-state index contributed by atoms with van der Waals surface area (Å²) in [6, 6.07) is -0.102. The molecule has 1 aliphatic rings. The van der Waals surface area contributed by atoms with E-state index >= 15 is 0 Å². The van der Waals surface area contributed by atoms with Gasteiger partial charge in [0.2, 0.25) is 0 Å². The largest absolute Gasteiger partial charge is 3.00 e. The molecule has 0 radical (unpaired) electrons. The molecule has 0 aliphatic carbocycles. The van der Waals surface area contributed by atoms with E-state index in [1.807, 2.05) is 19.3 Å². The van der Waals surface area contributed by atoms with Gasteiger partial charge in [0.15, 0.2) is 0 Å². The van der Waals surface area contributed by atoms with E-state index < -0.39 is 0 Å². The van der Waals surface area contributed by atoms with Gasteiger partial charge in [-0.3, -0.25) is 0 Å². The summed E-state index contributed by atoms with van der Waals surface area (Å²) in [5.74, 6) is 0.312. The van der Waals surface area contributed by atoms with Crippen LogP contribution in [0.25, 0.3) is 0 Å². The first-order valence-electron chi connectivity index (χ1n) is 2.65. The molecule has 9 heavy (non-hydrogen) atoms. The van der Waals surface area contributed by atoms with Gasteiger partial charge in [-0.2, -0.15) is 0 Å². The van der Waals surface area contributed by atoms with Crippen LogP contribution >= 0.6 is 0 Å². The predicted octanol–water partition coefficient (Wildman–Crippen LogP) is 0.215. The number of rotatable bonds is 1. The standard InChI is InChI=1S/C6H8NO.Y/c1-5-2-3-7-6(5)4-8;/h2-3,5-7H,1H3;/q-1;+3. The van der Waals surface area contributed by atoms with Crippen LogP contribution < -0.4 is 5.32 Å². The van der Waals surface area contributed by atoms with Crippen molar-refractivity contribution in [2.24, 2.45) is 5.92 Å². The van der Waals surface area contributed by atoms with Crippen molar-refractivity contribution in [2.75, 3.05) is 0 Å². The Morgan fingerprint density at radius 3 is 2.56 bits per heavy atom. The molecule has 1 N–H and O–H groups in total. The Morgan fingerprint density at radius 2 is 2.33 bits per heavy atom. The van der Waals surface area contributed by atoms with Gasteiger partial charge in [0.05, 0.1) is 0 Å². The van der Waals surface area contributed by atoms with Gasteiger partial charge in [0.1, 0.15) is 0 Å². The van der Waals surface area contributed by atoms with Crippen LogP contribution in [0.5, 0.6) is 0 Å². The molecule has 0 amide bonds. The third-order valence-electron chi connectivity index (χ3n) is 1.33. The van der Waals surface area contributed by atoms with E-state index in [-0.39, 0.29) is 38.8 Å². The van der Waals surface area contributed by atoms with E-state index in [1.54, 1.807) is 6.20 Å². The summed E-state index contributed by atoms with van der Waals surface area (Å²) >= 11 is 0. The van der Waals surface area contributed by atoms with Gasteiger partial charge in [-0.1, -0.05) is 19.0 Å². The molecule has 2 atom stereocenters. The van der Waals surface area contributed by atoms with Gasteiger partial charge in [0, 0.05) is 0 Å². The van der Waals surface area contributed by atoms with Crippen LogP contribution in [0.3, 0.4) is 0 Å². The maximum atomic E-state index is 9.99. The van der Waals surface area contributed by atoms with Crippen LogP contribution in [0, 0.1) is 5.92 Å². The summed E-state index contributed by atoms with van der Waals surface area (Å²) in [7, 11) is 0. The molecule has 0 spiro atoms. The Balaban J connectivity index is 0.000000640. The molecule has 0 saturated carbocycles. The quantitative estimate of drug-likeness (QED) is 0.612. The second-order valence-corrected chi connectivity index (χ2v) is 1.98. The van der Waals surface area contributed by atoms with Gasteiger partial charge in [-0.05, 0) is 12.1 Å². The van der Waals surface area contributed by atoms with Crippen LogP contribution in [0.1, 0.15) is 6.92 Å². The van der Waals surface area contributed by atoms with Crippen molar-refractivity contribution in [3.8, 4) is 0 Å². The Labute approximate surface area is 80.0 Å². The normalized spacial score (nSPS) is 30.8. The molecule has 0 aromatic heterocycles. The molecule has 0 aromatic rings. The van der Waals surface area contributed by atoms with Gasteiger partial charge in [-0.15, -0.1) is 0 Å². The van der Waals surface area contributed by atoms with E-state index in [0.29, 0.717) is 5.92 Å². The van der Waals surface area contributed by atoms with Gasteiger partial charge >= 0.3 is 32.7 Å². The molecule has 0 bridgehead atoms. The predicted molar refractivity (Wildman–Crippen MR) is 30.9 cm³/mol. The van der Waals surface area contributed by atoms with Crippen LogP contribution in [0.15, 0.2) is 12.3 Å². The van der Waals surface area contributed by atoms with Crippen LogP contribution in [0.4, 0.5) is 0 Å². The molecule has 2 nitrogen and oxygen atoms in total. The number of hydrogen-bond donors (Lipinski definition) is 1. The van der Waals surface area contributed by atoms with E-state index in [1.165, 1.54) is 0 Å². The maximum Gasteiger partial charge on any atom is 3.00 e. The molecule has 0 aromatic carbocycles. The first-order valence-corrected chi connectivity index (χ1v) is 2.65. The van der Waals surface area contributed by atoms with Crippen molar-refractivity contribution in [1.82, 2.24) is 5.32 Å². The number of carbonyl (C=O) groups excluding carboxylic acids is 1. The molecule has 2 unspecified atom stereocenters. The van der Waals surface area contributed by atoms with Gasteiger partial charge < -0.3 is 10.1 Å². The van der Waals surface area contributed by atoms with E-state index in [9.17, 15) is 4.79 Å². The minimum Gasteiger partial charge on any atom is -0.540 e. The van der Waals surface area contributed by atoms with E-state index in [4.69, 9.17) is 0 Å². The molecule has 44 valence electrons. The molecule has 1 rings (SSSR count). The molecule has 3 heteroatoms. The average Bonchev–Trinajstić information content (AvgIpc) is 2.14.